The van der Waals surface area contributed by atoms with Crippen LogP contribution in [0.15, 0.2) is 119 Å². The molecule has 39 heavy (non-hydrogen) atoms. The number of hydrogen-bond donors (Lipinski definition) is 2. The molecule has 6 nitrogen and oxygen atoms in total. The summed E-state index contributed by atoms with van der Waals surface area (Å²) in [6.07, 6.45) is 0.0975. The standard InChI is InChI=1S/C31H22Cl2N4O2/c32-22-13-7-15-24(17-22)36-30(38)26(28(34-36)20-9-3-1-4-10-20)19-27-29(21-11-5-2-6-12-21)35-37(31(27)39)25-16-8-14-23(33)18-25/h1-18,34-35H,19H2. The number of H-pyrrole nitrogens is 2. The van der Waals surface area contributed by atoms with E-state index in [0.29, 0.717) is 43.9 Å². The molecule has 0 atom stereocenters. The Morgan fingerprint density at radius 3 is 1.33 bits per heavy atom. The van der Waals surface area contributed by atoms with Crippen molar-refractivity contribution in [1.29, 1.82) is 0 Å². The lowest BCUT2D eigenvalue weighted by Gasteiger charge is -2.04. The van der Waals surface area contributed by atoms with Crippen LogP contribution in [0, 0.1) is 0 Å². The Morgan fingerprint density at radius 1 is 0.538 bits per heavy atom. The quantitative estimate of drug-likeness (QED) is 0.236. The van der Waals surface area contributed by atoms with Gasteiger partial charge in [0.25, 0.3) is 11.1 Å². The average Bonchev–Trinajstić information content (AvgIpc) is 3.46. The molecule has 0 radical (unpaired) electrons. The summed E-state index contributed by atoms with van der Waals surface area (Å²) in [6, 6.07) is 33.3. The number of aromatic nitrogens is 4. The Kier molecular flexibility index (Phi) is 6.57. The molecule has 0 amide bonds. The zero-order valence-corrected chi connectivity index (χ0v) is 22.1. The van der Waals surface area contributed by atoms with Gasteiger partial charge in [0.05, 0.1) is 22.8 Å². The SMILES string of the molecule is O=c1c(Cc2c(-c3ccccc3)[nH]n(-c3cccc(Cl)c3)c2=O)c(-c2ccccc2)[nH]n1-c1cccc(Cl)c1. The summed E-state index contributed by atoms with van der Waals surface area (Å²) in [7, 11) is 0. The molecule has 6 rings (SSSR count). The molecule has 2 heterocycles. The molecule has 0 aliphatic carbocycles. The Hall–Kier alpha value is -4.52. The van der Waals surface area contributed by atoms with Gasteiger partial charge >= 0.3 is 0 Å². The highest BCUT2D eigenvalue weighted by Crippen LogP contribution is 2.27. The second-order valence-corrected chi connectivity index (χ2v) is 9.95. The Morgan fingerprint density at radius 2 is 0.949 bits per heavy atom. The fourth-order valence-electron chi connectivity index (χ4n) is 4.73. The molecule has 0 aliphatic rings. The number of hydrogen-bond acceptors (Lipinski definition) is 2. The second-order valence-electron chi connectivity index (χ2n) is 9.08. The highest BCUT2D eigenvalue weighted by molar-refractivity contribution is 6.31. The van der Waals surface area contributed by atoms with Crippen molar-refractivity contribution >= 4 is 23.2 Å². The summed E-state index contributed by atoms with van der Waals surface area (Å²) in [4.78, 5) is 27.8. The maximum absolute atomic E-state index is 13.9. The van der Waals surface area contributed by atoms with Gasteiger partial charge in [-0.05, 0) is 47.5 Å². The zero-order chi connectivity index (χ0) is 26.9. The van der Waals surface area contributed by atoms with E-state index in [0.717, 1.165) is 11.1 Å². The van der Waals surface area contributed by atoms with Gasteiger partial charge in [-0.1, -0.05) is 96.0 Å². The van der Waals surface area contributed by atoms with Crippen LogP contribution in [0.4, 0.5) is 0 Å². The van der Waals surface area contributed by atoms with E-state index in [-0.39, 0.29) is 17.5 Å². The Bertz CT molecular complexity index is 1760. The molecule has 0 unspecified atom stereocenters. The molecule has 0 fully saturated rings. The molecule has 4 aromatic carbocycles. The molecule has 8 heteroatoms. The van der Waals surface area contributed by atoms with Gasteiger partial charge in [-0.2, -0.15) is 0 Å². The molecular weight excluding hydrogens is 531 g/mol. The predicted molar refractivity (Wildman–Crippen MR) is 156 cm³/mol. The van der Waals surface area contributed by atoms with Crippen LogP contribution < -0.4 is 11.1 Å². The molecule has 0 spiro atoms. The van der Waals surface area contributed by atoms with Crippen molar-refractivity contribution in [2.45, 2.75) is 6.42 Å². The van der Waals surface area contributed by atoms with Crippen molar-refractivity contribution in [1.82, 2.24) is 19.6 Å². The van der Waals surface area contributed by atoms with Crippen LogP contribution in [0.2, 0.25) is 10.0 Å². The molecule has 6 aromatic rings. The maximum atomic E-state index is 13.9. The molecule has 0 saturated carbocycles. The minimum absolute atomic E-state index is 0.0975. The summed E-state index contributed by atoms with van der Waals surface area (Å²) >= 11 is 12.5. The lowest BCUT2D eigenvalue weighted by atomic mass is 9.99. The summed E-state index contributed by atoms with van der Waals surface area (Å²) in [5.74, 6) is 0. The largest absolute Gasteiger partial charge is 0.290 e. The third-order valence-corrected chi connectivity index (χ3v) is 7.05. The average molecular weight is 553 g/mol. The van der Waals surface area contributed by atoms with Crippen LogP contribution in [0.3, 0.4) is 0 Å². The number of benzene rings is 4. The molecule has 192 valence electrons. The van der Waals surface area contributed by atoms with E-state index in [1.165, 1.54) is 9.36 Å². The highest BCUT2D eigenvalue weighted by atomic mass is 35.5. The molecule has 0 bridgehead atoms. The molecule has 2 N–H and O–H groups in total. The number of rotatable bonds is 6. The molecule has 0 aliphatic heterocycles. The van der Waals surface area contributed by atoms with E-state index in [1.54, 1.807) is 48.5 Å². The van der Waals surface area contributed by atoms with E-state index in [4.69, 9.17) is 23.2 Å². The summed E-state index contributed by atoms with van der Waals surface area (Å²) in [5.41, 5.74) is 4.54. The smallest absolute Gasteiger partial charge is 0.275 e. The first-order valence-corrected chi connectivity index (χ1v) is 13.1. The lowest BCUT2D eigenvalue weighted by Crippen LogP contribution is -2.21. The van der Waals surface area contributed by atoms with Crippen molar-refractivity contribution in [3.8, 4) is 33.9 Å². The van der Waals surface area contributed by atoms with E-state index in [2.05, 4.69) is 10.2 Å². The Balaban J connectivity index is 1.57. The monoisotopic (exact) mass is 552 g/mol. The summed E-state index contributed by atoms with van der Waals surface area (Å²) < 4.78 is 2.93. The van der Waals surface area contributed by atoms with Gasteiger partial charge in [-0.25, -0.2) is 9.36 Å². The van der Waals surface area contributed by atoms with Crippen molar-refractivity contribution in [3.05, 3.63) is 151 Å². The predicted octanol–water partition coefficient (Wildman–Crippen LogP) is 6.88. The van der Waals surface area contributed by atoms with Crippen molar-refractivity contribution in [3.63, 3.8) is 0 Å². The summed E-state index contributed by atoms with van der Waals surface area (Å²) in [5, 5.41) is 7.55. The minimum atomic E-state index is -0.259. The third-order valence-electron chi connectivity index (χ3n) is 6.58. The lowest BCUT2D eigenvalue weighted by molar-refractivity contribution is 0.846. The van der Waals surface area contributed by atoms with E-state index in [9.17, 15) is 9.59 Å². The van der Waals surface area contributed by atoms with Crippen LogP contribution in [0.5, 0.6) is 0 Å². The van der Waals surface area contributed by atoms with Crippen molar-refractivity contribution < 1.29 is 0 Å². The third kappa shape index (κ3) is 4.76. The van der Waals surface area contributed by atoms with Gasteiger partial charge in [0.15, 0.2) is 0 Å². The van der Waals surface area contributed by atoms with Crippen molar-refractivity contribution in [2.24, 2.45) is 0 Å². The highest BCUT2D eigenvalue weighted by Gasteiger charge is 2.23. The zero-order valence-electron chi connectivity index (χ0n) is 20.6. The van der Waals surface area contributed by atoms with Gasteiger partial charge < -0.3 is 0 Å². The normalized spacial score (nSPS) is 11.1. The topological polar surface area (TPSA) is 75.6 Å². The summed E-state index contributed by atoms with van der Waals surface area (Å²) in [6.45, 7) is 0. The van der Waals surface area contributed by atoms with E-state index >= 15 is 0 Å². The van der Waals surface area contributed by atoms with Gasteiger partial charge in [-0.3, -0.25) is 19.8 Å². The van der Waals surface area contributed by atoms with E-state index in [1.807, 2.05) is 60.7 Å². The van der Waals surface area contributed by atoms with Crippen LogP contribution in [0.1, 0.15) is 11.1 Å². The van der Waals surface area contributed by atoms with E-state index < -0.39 is 0 Å². The first-order valence-electron chi connectivity index (χ1n) is 12.3. The first-order chi connectivity index (χ1) is 19.0. The van der Waals surface area contributed by atoms with Gasteiger partial charge in [0.2, 0.25) is 0 Å². The van der Waals surface area contributed by atoms with Gasteiger partial charge in [0.1, 0.15) is 0 Å². The van der Waals surface area contributed by atoms with Crippen LogP contribution in [0.25, 0.3) is 33.9 Å². The van der Waals surface area contributed by atoms with Gasteiger partial charge in [0, 0.05) is 27.6 Å². The minimum Gasteiger partial charge on any atom is -0.290 e. The number of nitrogens with one attached hydrogen (secondary N) is 2. The molecule has 0 saturated heterocycles. The Labute approximate surface area is 233 Å². The first kappa shape index (κ1) is 24.8. The molecule has 2 aromatic heterocycles. The van der Waals surface area contributed by atoms with Gasteiger partial charge in [-0.15, -0.1) is 0 Å². The fraction of sp³-hybridized carbons (Fsp3) is 0.0323. The van der Waals surface area contributed by atoms with Crippen LogP contribution >= 0.6 is 23.2 Å². The number of nitrogens with zero attached hydrogens (tertiary/aromatic N) is 2. The number of aromatic amines is 2. The fourth-order valence-corrected chi connectivity index (χ4v) is 5.10. The maximum Gasteiger partial charge on any atom is 0.275 e. The molecular formula is C31H22Cl2N4O2. The number of halogens is 2. The van der Waals surface area contributed by atoms with Crippen LogP contribution in [-0.2, 0) is 6.42 Å². The second kappa shape index (κ2) is 10.3. The van der Waals surface area contributed by atoms with Crippen molar-refractivity contribution in [2.75, 3.05) is 0 Å². The van der Waals surface area contributed by atoms with Crippen LogP contribution in [-0.4, -0.2) is 19.6 Å².